The van der Waals surface area contributed by atoms with Crippen LogP contribution in [0.2, 0.25) is 0 Å². The molecule has 3 rings (SSSR count). The summed E-state index contributed by atoms with van der Waals surface area (Å²) in [7, 11) is 0. The summed E-state index contributed by atoms with van der Waals surface area (Å²) in [6.45, 7) is 2.20. The van der Waals surface area contributed by atoms with Gasteiger partial charge in [-0.3, -0.25) is 4.79 Å². The number of thiophene rings is 1. The smallest absolute Gasteiger partial charge is 0.409 e. The Balaban J connectivity index is 1.52. The Morgan fingerprint density at radius 2 is 2.19 bits per heavy atom. The highest BCUT2D eigenvalue weighted by Crippen LogP contribution is 2.29. The molecular weight excluding hydrogens is 288 g/mol. The predicted molar refractivity (Wildman–Crippen MR) is 80.8 cm³/mol. The van der Waals surface area contributed by atoms with Crippen LogP contribution in [0.1, 0.15) is 40.1 Å². The SMILES string of the molecule is O=C(NCCN1CCCOC1=O)c1scc2c1CCCC2. The molecule has 6 heteroatoms. The van der Waals surface area contributed by atoms with E-state index in [0.717, 1.165) is 24.1 Å². The molecule has 1 aromatic heterocycles. The van der Waals surface area contributed by atoms with Crippen LogP contribution in [-0.4, -0.2) is 43.1 Å². The van der Waals surface area contributed by atoms with Crippen LogP contribution < -0.4 is 5.32 Å². The van der Waals surface area contributed by atoms with E-state index in [2.05, 4.69) is 10.7 Å². The van der Waals surface area contributed by atoms with Gasteiger partial charge in [-0.15, -0.1) is 11.3 Å². The summed E-state index contributed by atoms with van der Waals surface area (Å²) in [5.74, 6) is -0.00599. The van der Waals surface area contributed by atoms with Gasteiger partial charge in [-0.1, -0.05) is 0 Å². The average molecular weight is 308 g/mol. The predicted octanol–water partition coefficient (Wildman–Crippen LogP) is 2.20. The third-order valence-electron chi connectivity index (χ3n) is 4.03. The molecule has 1 fully saturated rings. The molecule has 1 aromatic rings. The van der Waals surface area contributed by atoms with Gasteiger partial charge in [-0.25, -0.2) is 4.79 Å². The summed E-state index contributed by atoms with van der Waals surface area (Å²) in [6, 6.07) is 0. The fourth-order valence-corrected chi connectivity index (χ4v) is 3.97. The van der Waals surface area contributed by atoms with E-state index >= 15 is 0 Å². The third-order valence-corrected chi connectivity index (χ3v) is 5.10. The Labute approximate surface area is 128 Å². The van der Waals surface area contributed by atoms with Gasteiger partial charge in [-0.2, -0.15) is 0 Å². The maximum Gasteiger partial charge on any atom is 0.409 e. The number of rotatable bonds is 4. The lowest BCUT2D eigenvalue weighted by molar-refractivity contribution is 0.0720. The number of carbonyl (C=O) groups excluding carboxylic acids is 2. The van der Waals surface area contributed by atoms with Crippen LogP contribution in [0.4, 0.5) is 4.79 Å². The maximum atomic E-state index is 12.3. The van der Waals surface area contributed by atoms with Crippen LogP contribution in [0.25, 0.3) is 0 Å². The monoisotopic (exact) mass is 308 g/mol. The number of hydrogen-bond donors (Lipinski definition) is 1. The Bertz CT molecular complexity index is 541. The lowest BCUT2D eigenvalue weighted by atomic mass is 9.94. The molecule has 0 atom stereocenters. The highest BCUT2D eigenvalue weighted by molar-refractivity contribution is 7.12. The van der Waals surface area contributed by atoms with Crippen molar-refractivity contribution >= 4 is 23.3 Å². The van der Waals surface area contributed by atoms with Crippen LogP contribution in [0.5, 0.6) is 0 Å². The van der Waals surface area contributed by atoms with Gasteiger partial charge in [0.05, 0.1) is 11.5 Å². The molecule has 2 heterocycles. The number of fused-ring (bicyclic) bond motifs is 1. The van der Waals surface area contributed by atoms with Crippen molar-refractivity contribution < 1.29 is 14.3 Å². The number of nitrogens with zero attached hydrogens (tertiary/aromatic N) is 1. The molecule has 1 N–H and O–H groups in total. The van der Waals surface area contributed by atoms with Crippen molar-refractivity contribution in [1.82, 2.24) is 10.2 Å². The largest absolute Gasteiger partial charge is 0.449 e. The van der Waals surface area contributed by atoms with E-state index in [-0.39, 0.29) is 12.0 Å². The first-order chi connectivity index (χ1) is 10.3. The molecule has 0 spiro atoms. The van der Waals surface area contributed by atoms with Gasteiger partial charge in [0.1, 0.15) is 0 Å². The van der Waals surface area contributed by atoms with Crippen molar-refractivity contribution in [2.24, 2.45) is 0 Å². The standard InChI is InChI=1S/C15H20N2O3S/c18-14(13-12-5-2-1-4-11(12)10-21-13)16-6-8-17-7-3-9-20-15(17)19/h10H,1-9H2,(H,16,18). The molecule has 2 amide bonds. The topological polar surface area (TPSA) is 58.6 Å². The Kier molecular flexibility index (Phi) is 4.43. The number of cyclic esters (lactones) is 1. The Morgan fingerprint density at radius 1 is 1.33 bits per heavy atom. The van der Waals surface area contributed by atoms with Gasteiger partial charge >= 0.3 is 6.09 Å². The molecule has 21 heavy (non-hydrogen) atoms. The van der Waals surface area contributed by atoms with E-state index in [0.29, 0.717) is 26.2 Å². The lowest BCUT2D eigenvalue weighted by Gasteiger charge is -2.26. The normalized spacial score (nSPS) is 18.1. The van der Waals surface area contributed by atoms with Crippen LogP contribution in [0, 0.1) is 0 Å². The lowest BCUT2D eigenvalue weighted by Crippen LogP contribution is -2.42. The highest BCUT2D eigenvalue weighted by atomic mass is 32.1. The van der Waals surface area contributed by atoms with Crippen LogP contribution in [0.3, 0.4) is 0 Å². The van der Waals surface area contributed by atoms with Crippen molar-refractivity contribution in [3.8, 4) is 0 Å². The first-order valence-corrected chi connectivity index (χ1v) is 8.43. The molecule has 0 aromatic carbocycles. The molecule has 1 aliphatic carbocycles. The van der Waals surface area contributed by atoms with E-state index in [9.17, 15) is 9.59 Å². The Hall–Kier alpha value is -1.56. The number of hydrogen-bond acceptors (Lipinski definition) is 4. The van der Waals surface area contributed by atoms with Crippen molar-refractivity contribution in [1.29, 1.82) is 0 Å². The van der Waals surface area contributed by atoms with Crippen molar-refractivity contribution in [3.63, 3.8) is 0 Å². The van der Waals surface area contributed by atoms with Gasteiger partial charge in [0.2, 0.25) is 0 Å². The zero-order valence-electron chi connectivity index (χ0n) is 12.0. The fourth-order valence-electron chi connectivity index (χ4n) is 2.90. The van der Waals surface area contributed by atoms with Crippen LogP contribution in [0.15, 0.2) is 5.38 Å². The van der Waals surface area contributed by atoms with E-state index in [1.807, 2.05) is 0 Å². The maximum absolute atomic E-state index is 12.3. The third kappa shape index (κ3) is 3.20. The number of amides is 2. The number of aryl methyl sites for hydroxylation is 1. The second kappa shape index (κ2) is 6.47. The number of ether oxygens (including phenoxy) is 1. The average Bonchev–Trinajstić information content (AvgIpc) is 2.93. The zero-order chi connectivity index (χ0) is 14.7. The van der Waals surface area contributed by atoms with Gasteiger partial charge < -0.3 is 15.0 Å². The van der Waals surface area contributed by atoms with E-state index in [1.165, 1.54) is 24.0 Å². The summed E-state index contributed by atoms with van der Waals surface area (Å²) in [6.07, 6.45) is 5.09. The molecule has 0 radical (unpaired) electrons. The summed E-state index contributed by atoms with van der Waals surface area (Å²) in [4.78, 5) is 26.2. The van der Waals surface area contributed by atoms with Crippen LogP contribution in [-0.2, 0) is 17.6 Å². The number of nitrogens with one attached hydrogen (secondary N) is 1. The zero-order valence-corrected chi connectivity index (χ0v) is 12.8. The van der Waals surface area contributed by atoms with E-state index < -0.39 is 0 Å². The molecule has 114 valence electrons. The van der Waals surface area contributed by atoms with Crippen LogP contribution >= 0.6 is 11.3 Å². The Morgan fingerprint density at radius 3 is 3.05 bits per heavy atom. The minimum absolute atomic E-state index is 0.00599. The van der Waals surface area contributed by atoms with Gasteiger partial charge in [-0.05, 0) is 48.6 Å². The molecule has 0 saturated carbocycles. The van der Waals surface area contributed by atoms with Crippen molar-refractivity contribution in [2.75, 3.05) is 26.2 Å². The summed E-state index contributed by atoms with van der Waals surface area (Å²) >= 11 is 1.54. The molecule has 1 saturated heterocycles. The van der Waals surface area contributed by atoms with Gasteiger partial charge in [0, 0.05) is 19.6 Å². The minimum Gasteiger partial charge on any atom is -0.449 e. The van der Waals surface area contributed by atoms with E-state index in [4.69, 9.17) is 4.74 Å². The van der Waals surface area contributed by atoms with Gasteiger partial charge in [0.15, 0.2) is 0 Å². The molecule has 1 aliphatic heterocycles. The first kappa shape index (κ1) is 14.4. The van der Waals surface area contributed by atoms with Gasteiger partial charge in [0.25, 0.3) is 5.91 Å². The quantitative estimate of drug-likeness (QED) is 0.927. The molecule has 0 bridgehead atoms. The second-order valence-electron chi connectivity index (χ2n) is 5.49. The molecule has 2 aliphatic rings. The molecule has 0 unspecified atom stereocenters. The summed E-state index contributed by atoms with van der Waals surface area (Å²) < 4.78 is 4.97. The minimum atomic E-state index is -0.274. The number of carbonyl (C=O) groups is 2. The highest BCUT2D eigenvalue weighted by Gasteiger charge is 2.21. The van der Waals surface area contributed by atoms with Crippen molar-refractivity contribution in [2.45, 2.75) is 32.1 Å². The van der Waals surface area contributed by atoms with E-state index in [1.54, 1.807) is 16.2 Å². The fraction of sp³-hybridized carbons (Fsp3) is 0.600. The molecule has 5 nitrogen and oxygen atoms in total. The molecular formula is C15H20N2O3S. The van der Waals surface area contributed by atoms with Crippen molar-refractivity contribution in [3.05, 3.63) is 21.4 Å². The first-order valence-electron chi connectivity index (χ1n) is 7.55. The second-order valence-corrected chi connectivity index (χ2v) is 6.37. The summed E-state index contributed by atoms with van der Waals surface area (Å²) in [5.41, 5.74) is 2.58. The summed E-state index contributed by atoms with van der Waals surface area (Å²) in [5, 5.41) is 5.04.